The zero-order valence-corrected chi connectivity index (χ0v) is 19.4. The molecule has 2 aliphatic rings. The zero-order valence-electron chi connectivity index (χ0n) is 18.6. The number of esters is 1. The molecule has 2 aromatic carbocycles. The van der Waals surface area contributed by atoms with E-state index in [4.69, 9.17) is 4.74 Å². The minimum absolute atomic E-state index is 0.00202. The highest BCUT2D eigenvalue weighted by atomic mass is 32.2. The van der Waals surface area contributed by atoms with Crippen molar-refractivity contribution in [2.45, 2.75) is 48.1 Å². The predicted molar refractivity (Wildman–Crippen MR) is 121 cm³/mol. The first-order valence-corrected chi connectivity index (χ1v) is 12.3. The first-order valence-electron chi connectivity index (χ1n) is 10.9. The Bertz CT molecular complexity index is 1210. The summed E-state index contributed by atoms with van der Waals surface area (Å²) in [6.07, 6.45) is 2.54. The maximum absolute atomic E-state index is 13.7. The summed E-state index contributed by atoms with van der Waals surface area (Å²) in [6.45, 7) is 0.00202. The summed E-state index contributed by atoms with van der Waals surface area (Å²) in [5.41, 5.74) is -2.08. The number of nitrogens with zero attached hydrogens (tertiary/aromatic N) is 2. The Balaban J connectivity index is 1.67. The van der Waals surface area contributed by atoms with Gasteiger partial charge in [0.1, 0.15) is 11.1 Å². The maximum atomic E-state index is 13.7. The van der Waals surface area contributed by atoms with Gasteiger partial charge in [-0.15, -0.1) is 0 Å². The normalized spacial score (nSPS) is 21.7. The quantitative estimate of drug-likeness (QED) is 0.261. The Morgan fingerprint density at radius 2 is 1.74 bits per heavy atom. The van der Waals surface area contributed by atoms with E-state index >= 15 is 0 Å². The van der Waals surface area contributed by atoms with Crippen LogP contribution in [0.4, 0.5) is 5.69 Å². The van der Waals surface area contributed by atoms with Crippen molar-refractivity contribution >= 4 is 27.6 Å². The number of benzene rings is 2. The van der Waals surface area contributed by atoms with Gasteiger partial charge < -0.3 is 9.64 Å². The summed E-state index contributed by atoms with van der Waals surface area (Å²) >= 11 is 0. The Morgan fingerprint density at radius 3 is 2.26 bits per heavy atom. The topological polar surface area (TPSA) is 136 Å². The lowest BCUT2D eigenvalue weighted by Crippen LogP contribution is -2.80. The number of hydrogen-bond acceptors (Lipinski definition) is 7. The lowest BCUT2D eigenvalue weighted by atomic mass is 9.78. The first-order chi connectivity index (χ1) is 16.1. The molecular formula is C23H25N3O7S. The largest absolute Gasteiger partial charge is 0.467 e. The zero-order chi connectivity index (χ0) is 24.6. The third-order valence-corrected chi connectivity index (χ3v) is 8.18. The second-order valence-electron chi connectivity index (χ2n) is 8.72. The van der Waals surface area contributed by atoms with Gasteiger partial charge in [-0.25, -0.2) is 13.2 Å². The van der Waals surface area contributed by atoms with Crippen LogP contribution in [-0.4, -0.2) is 54.8 Å². The van der Waals surface area contributed by atoms with Gasteiger partial charge in [-0.05, 0) is 30.5 Å². The number of rotatable bonds is 8. The number of amides is 1. The smallest absolute Gasteiger partial charge is 0.331 e. The molecule has 0 aromatic heterocycles. The number of non-ortho nitro benzene ring substituents is 1. The number of ether oxygens (including phenoxy) is 1. The summed E-state index contributed by atoms with van der Waals surface area (Å²) in [5.74, 6) is -0.987. The van der Waals surface area contributed by atoms with E-state index in [1.54, 1.807) is 24.3 Å². The van der Waals surface area contributed by atoms with Gasteiger partial charge in [0.05, 0.1) is 23.5 Å². The molecule has 1 saturated heterocycles. The van der Waals surface area contributed by atoms with E-state index in [-0.39, 0.29) is 23.5 Å². The number of nitro groups is 1. The van der Waals surface area contributed by atoms with Crippen molar-refractivity contribution in [3.8, 4) is 0 Å². The highest BCUT2D eigenvalue weighted by molar-refractivity contribution is 7.89. The highest BCUT2D eigenvalue weighted by Crippen LogP contribution is 2.43. The molecule has 1 atom stereocenters. The molecule has 0 spiro atoms. The molecule has 1 aliphatic heterocycles. The van der Waals surface area contributed by atoms with E-state index in [2.05, 4.69) is 4.72 Å². The van der Waals surface area contributed by atoms with Crippen molar-refractivity contribution in [3.63, 3.8) is 0 Å². The summed E-state index contributed by atoms with van der Waals surface area (Å²) in [5, 5.41) is 10.9. The van der Waals surface area contributed by atoms with Crippen LogP contribution in [0.5, 0.6) is 0 Å². The van der Waals surface area contributed by atoms with Gasteiger partial charge in [0.15, 0.2) is 0 Å². The van der Waals surface area contributed by atoms with Crippen LogP contribution in [0.3, 0.4) is 0 Å². The number of methoxy groups -OCH3 is 1. The molecule has 180 valence electrons. The molecule has 1 N–H and O–H groups in total. The fourth-order valence-corrected chi connectivity index (χ4v) is 6.26. The number of likely N-dealkylation sites (tertiary alicyclic amines) is 1. The van der Waals surface area contributed by atoms with Crippen molar-refractivity contribution in [1.82, 2.24) is 9.62 Å². The van der Waals surface area contributed by atoms with Gasteiger partial charge in [-0.1, -0.05) is 43.2 Å². The van der Waals surface area contributed by atoms with E-state index in [0.717, 1.165) is 42.7 Å². The number of carbonyl (C=O) groups is 2. The van der Waals surface area contributed by atoms with Gasteiger partial charge in [-0.2, -0.15) is 4.72 Å². The third kappa shape index (κ3) is 4.05. The molecule has 10 nitrogen and oxygen atoms in total. The maximum Gasteiger partial charge on any atom is 0.331 e. The van der Waals surface area contributed by atoms with Crippen LogP contribution in [0.15, 0.2) is 59.5 Å². The van der Waals surface area contributed by atoms with Crippen LogP contribution in [-0.2, 0) is 30.8 Å². The lowest BCUT2D eigenvalue weighted by Gasteiger charge is -2.55. The number of hydrogen-bond donors (Lipinski definition) is 1. The number of carbonyl (C=O) groups excluding carboxylic acids is 2. The van der Waals surface area contributed by atoms with Crippen LogP contribution in [0.25, 0.3) is 0 Å². The van der Waals surface area contributed by atoms with Crippen molar-refractivity contribution in [3.05, 3.63) is 70.3 Å². The predicted octanol–water partition coefficient (Wildman–Crippen LogP) is 2.18. The second-order valence-corrected chi connectivity index (χ2v) is 10.4. The molecule has 4 rings (SSSR count). The minimum atomic E-state index is -4.20. The van der Waals surface area contributed by atoms with E-state index in [1.807, 2.05) is 6.07 Å². The lowest BCUT2D eigenvalue weighted by molar-refractivity contribution is -0.384. The average molecular weight is 488 g/mol. The van der Waals surface area contributed by atoms with Crippen molar-refractivity contribution in [2.75, 3.05) is 13.7 Å². The second kappa shape index (κ2) is 8.80. The molecule has 0 radical (unpaired) electrons. The third-order valence-electron chi connectivity index (χ3n) is 6.63. The average Bonchev–Trinajstić information content (AvgIpc) is 3.32. The fraction of sp³-hybridized carbons (Fsp3) is 0.391. The van der Waals surface area contributed by atoms with Gasteiger partial charge in [-0.3, -0.25) is 14.9 Å². The SMILES string of the molecule is COC(=O)C1(N2C[C@@](Cc3ccccc3)(NS(=O)(=O)c3ccc([N+](=O)[O-])cc3)C2=O)CCCC1. The van der Waals surface area contributed by atoms with Crippen LogP contribution in [0.1, 0.15) is 31.2 Å². The summed E-state index contributed by atoms with van der Waals surface area (Å²) in [4.78, 5) is 37.9. The van der Waals surface area contributed by atoms with Crippen LogP contribution < -0.4 is 4.72 Å². The molecule has 1 saturated carbocycles. The minimum Gasteiger partial charge on any atom is -0.467 e. The van der Waals surface area contributed by atoms with Gasteiger partial charge in [0, 0.05) is 18.6 Å². The molecule has 1 amide bonds. The number of nitrogens with one attached hydrogen (secondary N) is 1. The Kier molecular flexibility index (Phi) is 6.17. The number of sulfonamides is 1. The van der Waals surface area contributed by atoms with Gasteiger partial charge in [0.2, 0.25) is 15.9 Å². The molecule has 34 heavy (non-hydrogen) atoms. The Hall–Kier alpha value is -3.31. The summed E-state index contributed by atoms with van der Waals surface area (Å²) < 4.78 is 34.0. The van der Waals surface area contributed by atoms with E-state index < -0.39 is 37.9 Å². The van der Waals surface area contributed by atoms with Gasteiger partial charge >= 0.3 is 5.97 Å². The fourth-order valence-electron chi connectivity index (χ4n) is 4.91. The molecule has 1 heterocycles. The standard InChI is InChI=1S/C23H25N3O7S/c1-33-21(28)23(13-5-6-14-23)25-16-22(20(25)27,15-17-7-3-2-4-8-17)24-34(31,32)19-11-9-18(10-12-19)26(29)30/h2-4,7-12,24H,5-6,13-16H2,1H3/t22-/m1/s1. The van der Waals surface area contributed by atoms with E-state index in [1.165, 1.54) is 12.0 Å². The molecule has 1 aliphatic carbocycles. The number of nitro benzene ring substituents is 1. The van der Waals surface area contributed by atoms with Gasteiger partial charge in [0.25, 0.3) is 5.69 Å². The molecule has 2 fully saturated rings. The van der Waals surface area contributed by atoms with Crippen molar-refractivity contribution in [1.29, 1.82) is 0 Å². The number of β-lactam (4-membered cyclic amide) rings is 1. The molecule has 0 bridgehead atoms. The van der Waals surface area contributed by atoms with Crippen molar-refractivity contribution < 1.29 is 27.7 Å². The highest BCUT2D eigenvalue weighted by Gasteiger charge is 2.63. The van der Waals surface area contributed by atoms with Crippen LogP contribution in [0, 0.1) is 10.1 Å². The summed E-state index contributed by atoms with van der Waals surface area (Å²) in [6, 6.07) is 13.4. The molecule has 2 aromatic rings. The van der Waals surface area contributed by atoms with E-state index in [9.17, 15) is 28.1 Å². The molecule has 11 heteroatoms. The van der Waals surface area contributed by atoms with Crippen LogP contribution in [0.2, 0.25) is 0 Å². The Morgan fingerprint density at radius 1 is 1.12 bits per heavy atom. The molecular weight excluding hydrogens is 462 g/mol. The monoisotopic (exact) mass is 487 g/mol. The molecule has 0 unspecified atom stereocenters. The van der Waals surface area contributed by atoms with Crippen molar-refractivity contribution in [2.24, 2.45) is 0 Å². The first kappa shape index (κ1) is 23.8. The Labute approximate surface area is 197 Å². The van der Waals surface area contributed by atoms with E-state index in [0.29, 0.717) is 12.8 Å². The van der Waals surface area contributed by atoms with Crippen LogP contribution >= 0.6 is 0 Å². The summed E-state index contributed by atoms with van der Waals surface area (Å²) in [7, 11) is -2.92.